The Bertz CT molecular complexity index is 705. The average molecular weight is 350 g/mol. The molecule has 1 saturated heterocycles. The van der Waals surface area contributed by atoms with Gasteiger partial charge in [0.25, 0.3) is 0 Å². The maximum atomic E-state index is 12.0. The molecule has 0 radical (unpaired) electrons. The van der Waals surface area contributed by atoms with Crippen molar-refractivity contribution < 1.29 is 9.90 Å². The monoisotopic (exact) mass is 349 g/mol. The van der Waals surface area contributed by atoms with E-state index in [1.54, 1.807) is 11.3 Å². The number of carboxylic acids is 1. The Kier molecular flexibility index (Phi) is 4.76. The molecule has 0 atom stereocenters. The van der Waals surface area contributed by atoms with Crippen molar-refractivity contribution in [3.63, 3.8) is 0 Å². The molecule has 1 fully saturated rings. The molecule has 1 aliphatic rings. The predicted octanol–water partition coefficient (Wildman–Crippen LogP) is 4.33. The van der Waals surface area contributed by atoms with Crippen LogP contribution in [0.3, 0.4) is 0 Å². The highest BCUT2D eigenvalue weighted by Gasteiger charge is 2.43. The fraction of sp³-hybridized carbons (Fsp3) is 0.389. The van der Waals surface area contributed by atoms with Crippen LogP contribution in [0.5, 0.6) is 0 Å². The Hall–Kier alpha value is -1.36. The molecule has 0 amide bonds. The highest BCUT2D eigenvalue weighted by Crippen LogP contribution is 2.37. The van der Waals surface area contributed by atoms with E-state index in [1.807, 2.05) is 43.3 Å². The van der Waals surface area contributed by atoms with E-state index >= 15 is 0 Å². The number of halogens is 1. The number of aliphatic carboxylic acids is 1. The zero-order valence-electron chi connectivity index (χ0n) is 13.1. The van der Waals surface area contributed by atoms with Gasteiger partial charge in [0.1, 0.15) is 0 Å². The molecule has 1 aromatic heterocycles. The molecule has 0 aliphatic carbocycles. The molecule has 0 saturated carbocycles. The lowest BCUT2D eigenvalue weighted by molar-refractivity contribution is -0.146. The Balaban J connectivity index is 1.74. The van der Waals surface area contributed by atoms with Crippen molar-refractivity contribution in [2.24, 2.45) is 0 Å². The largest absolute Gasteiger partial charge is 0.481 e. The lowest BCUT2D eigenvalue weighted by atomic mass is 9.72. The van der Waals surface area contributed by atoms with E-state index < -0.39 is 11.4 Å². The number of piperidine rings is 1. The molecule has 2 aromatic rings. The van der Waals surface area contributed by atoms with Gasteiger partial charge in [-0.3, -0.25) is 9.69 Å². The number of carboxylic acid groups (broad SMARTS) is 1. The number of carbonyl (C=O) groups is 1. The van der Waals surface area contributed by atoms with Crippen LogP contribution in [0.25, 0.3) is 0 Å². The van der Waals surface area contributed by atoms with Crippen LogP contribution < -0.4 is 0 Å². The molecule has 122 valence electrons. The van der Waals surface area contributed by atoms with Gasteiger partial charge in [0.15, 0.2) is 0 Å². The van der Waals surface area contributed by atoms with Gasteiger partial charge in [0.05, 0.1) is 9.75 Å². The lowest BCUT2D eigenvalue weighted by Crippen LogP contribution is -2.47. The van der Waals surface area contributed by atoms with Crippen LogP contribution in [0.1, 0.15) is 28.8 Å². The Morgan fingerprint density at radius 1 is 1.30 bits per heavy atom. The molecular formula is C18H20ClNO2S. The molecule has 0 unspecified atom stereocenters. The summed E-state index contributed by atoms with van der Waals surface area (Å²) in [7, 11) is 0. The van der Waals surface area contributed by atoms with Crippen LogP contribution in [0.15, 0.2) is 36.4 Å². The molecule has 23 heavy (non-hydrogen) atoms. The first-order valence-corrected chi connectivity index (χ1v) is 8.96. The summed E-state index contributed by atoms with van der Waals surface area (Å²) in [5.41, 5.74) is 1.29. The van der Waals surface area contributed by atoms with Crippen molar-refractivity contribution in [1.29, 1.82) is 0 Å². The van der Waals surface area contributed by atoms with Crippen molar-refractivity contribution in [2.45, 2.75) is 31.7 Å². The van der Waals surface area contributed by atoms with Gasteiger partial charge in [0.2, 0.25) is 0 Å². The number of likely N-dealkylation sites (tertiary alicyclic amines) is 1. The lowest BCUT2D eigenvalue weighted by Gasteiger charge is -2.39. The topological polar surface area (TPSA) is 40.5 Å². The number of thiophene rings is 1. The number of hydrogen-bond donors (Lipinski definition) is 1. The highest BCUT2D eigenvalue weighted by atomic mass is 35.5. The van der Waals surface area contributed by atoms with E-state index in [2.05, 4.69) is 4.90 Å². The minimum Gasteiger partial charge on any atom is -0.481 e. The van der Waals surface area contributed by atoms with Gasteiger partial charge >= 0.3 is 5.97 Å². The highest BCUT2D eigenvalue weighted by molar-refractivity contribution is 7.16. The average Bonchev–Trinajstić information content (AvgIpc) is 2.93. The van der Waals surface area contributed by atoms with Gasteiger partial charge in [-0.05, 0) is 50.6 Å². The summed E-state index contributed by atoms with van der Waals surface area (Å²) < 4.78 is 0.802. The number of hydrogen-bond acceptors (Lipinski definition) is 3. The maximum absolute atomic E-state index is 12.0. The Morgan fingerprint density at radius 3 is 2.61 bits per heavy atom. The van der Waals surface area contributed by atoms with Gasteiger partial charge in [-0.15, -0.1) is 11.3 Å². The predicted molar refractivity (Wildman–Crippen MR) is 94.3 cm³/mol. The van der Waals surface area contributed by atoms with E-state index in [-0.39, 0.29) is 0 Å². The van der Waals surface area contributed by atoms with Gasteiger partial charge in [-0.2, -0.15) is 0 Å². The third-order valence-electron chi connectivity index (χ3n) is 4.70. The third kappa shape index (κ3) is 3.44. The van der Waals surface area contributed by atoms with Crippen molar-refractivity contribution in [3.05, 3.63) is 56.7 Å². The van der Waals surface area contributed by atoms with Crippen molar-refractivity contribution in [1.82, 2.24) is 4.90 Å². The first-order valence-electron chi connectivity index (χ1n) is 7.77. The normalized spacial score (nSPS) is 18.0. The summed E-state index contributed by atoms with van der Waals surface area (Å²) in [5, 5.41) is 9.88. The fourth-order valence-corrected chi connectivity index (χ4v) is 4.45. The quantitative estimate of drug-likeness (QED) is 0.893. The summed E-state index contributed by atoms with van der Waals surface area (Å²) in [6.07, 6.45) is 1.29. The zero-order valence-corrected chi connectivity index (χ0v) is 14.7. The molecule has 3 rings (SSSR count). The van der Waals surface area contributed by atoms with Gasteiger partial charge in [-0.25, -0.2) is 0 Å². The Morgan fingerprint density at radius 2 is 2.04 bits per heavy atom. The fourth-order valence-electron chi connectivity index (χ4n) is 3.32. The van der Waals surface area contributed by atoms with E-state index in [4.69, 9.17) is 11.6 Å². The molecule has 0 spiro atoms. The zero-order chi connectivity index (χ0) is 16.4. The van der Waals surface area contributed by atoms with Crippen molar-refractivity contribution in [3.8, 4) is 0 Å². The third-order valence-corrected chi connectivity index (χ3v) is 5.91. The van der Waals surface area contributed by atoms with E-state index in [1.165, 1.54) is 4.88 Å². The smallest absolute Gasteiger partial charge is 0.314 e. The second kappa shape index (κ2) is 6.63. The number of nitrogens with zero attached hydrogens (tertiary/aromatic N) is 1. The molecule has 1 aliphatic heterocycles. The minimum atomic E-state index is -0.754. The molecule has 3 nitrogen and oxygen atoms in total. The van der Waals surface area contributed by atoms with Crippen LogP contribution in [-0.4, -0.2) is 29.1 Å². The van der Waals surface area contributed by atoms with Crippen LogP contribution >= 0.6 is 22.9 Å². The van der Waals surface area contributed by atoms with Crippen molar-refractivity contribution >= 4 is 28.9 Å². The number of aryl methyl sites for hydroxylation is 1. The van der Waals surface area contributed by atoms with Crippen LogP contribution in [-0.2, 0) is 16.8 Å². The van der Waals surface area contributed by atoms with Gasteiger partial charge in [0, 0.05) is 11.4 Å². The summed E-state index contributed by atoms with van der Waals surface area (Å²) in [6.45, 7) is 4.43. The first-order chi connectivity index (χ1) is 11.0. The molecule has 0 bridgehead atoms. The molecule has 5 heteroatoms. The molecular weight excluding hydrogens is 330 g/mol. The van der Waals surface area contributed by atoms with Crippen molar-refractivity contribution in [2.75, 3.05) is 13.1 Å². The molecule has 1 aromatic carbocycles. The van der Waals surface area contributed by atoms with Crippen LogP contribution in [0.2, 0.25) is 4.34 Å². The Labute approximate surface area is 145 Å². The second-order valence-corrected chi connectivity index (χ2v) is 8.04. The summed E-state index contributed by atoms with van der Waals surface area (Å²) >= 11 is 7.58. The van der Waals surface area contributed by atoms with E-state index in [0.29, 0.717) is 12.8 Å². The molecule has 2 heterocycles. The van der Waals surface area contributed by atoms with Gasteiger partial charge < -0.3 is 5.11 Å². The van der Waals surface area contributed by atoms with Crippen LogP contribution in [0.4, 0.5) is 0 Å². The van der Waals surface area contributed by atoms with E-state index in [9.17, 15) is 9.90 Å². The van der Waals surface area contributed by atoms with Gasteiger partial charge in [-0.1, -0.05) is 41.4 Å². The second-order valence-electron chi connectivity index (χ2n) is 6.24. The van der Waals surface area contributed by atoms with E-state index in [0.717, 1.165) is 35.1 Å². The summed E-state index contributed by atoms with van der Waals surface area (Å²) in [4.78, 5) is 15.6. The number of rotatable bonds is 4. The summed E-state index contributed by atoms with van der Waals surface area (Å²) in [5.74, 6) is -0.707. The number of benzene rings is 1. The summed E-state index contributed by atoms with van der Waals surface area (Å²) in [6, 6.07) is 11.9. The SMILES string of the molecule is Cc1cccc(C2(C(=O)O)CCN(Cc3ccc(Cl)s3)CC2)c1. The maximum Gasteiger partial charge on any atom is 0.314 e. The standard InChI is InChI=1S/C18H20ClNO2S/c1-13-3-2-4-14(11-13)18(17(21)22)7-9-20(10-8-18)12-15-5-6-16(19)23-15/h2-6,11H,7-10,12H2,1H3,(H,21,22). The molecule has 1 N–H and O–H groups in total. The van der Waals surface area contributed by atoms with Crippen LogP contribution in [0, 0.1) is 6.92 Å². The minimum absolute atomic E-state index is 0.644. The first kappa shape index (κ1) is 16.5.